The molecule has 9 atom stereocenters. The van der Waals surface area contributed by atoms with Crippen molar-refractivity contribution >= 4 is 34.4 Å². The maximum absolute atomic E-state index is 17.3. The first-order chi connectivity index (χ1) is 17.3. The second-order valence-electron chi connectivity index (χ2n) is 11.8. The van der Waals surface area contributed by atoms with Gasteiger partial charge in [-0.2, -0.15) is 0 Å². The third-order valence-electron chi connectivity index (χ3n) is 10.2. The number of fused-ring (bicyclic) bond motifs is 5. The van der Waals surface area contributed by atoms with Crippen molar-refractivity contribution in [2.75, 3.05) is 6.01 Å². The zero-order valence-corrected chi connectivity index (χ0v) is 21.8. The van der Waals surface area contributed by atoms with Gasteiger partial charge in [0.05, 0.1) is 12.0 Å². The van der Waals surface area contributed by atoms with E-state index in [1.54, 1.807) is 13.8 Å². The molecule has 0 aliphatic heterocycles. The molecule has 5 aliphatic rings. The molecule has 0 aromatic heterocycles. The zero-order chi connectivity index (χ0) is 27.1. The zero-order valence-electron chi connectivity index (χ0n) is 21.0. The Morgan fingerprint density at radius 1 is 1.19 bits per heavy atom. The number of carbonyl (C=O) groups excluding carboxylic acids is 4. The summed E-state index contributed by atoms with van der Waals surface area (Å²) < 4.78 is 52.4. The van der Waals surface area contributed by atoms with Gasteiger partial charge in [-0.3, -0.25) is 19.2 Å². The Morgan fingerprint density at radius 3 is 2.49 bits per heavy atom. The Bertz CT molecular complexity index is 1130. The molecule has 0 amide bonds. The van der Waals surface area contributed by atoms with Crippen molar-refractivity contribution in [3.05, 3.63) is 23.8 Å². The summed E-state index contributed by atoms with van der Waals surface area (Å²) in [6.45, 7) is 4.80. The van der Waals surface area contributed by atoms with E-state index >= 15 is 8.78 Å². The smallest absolute Gasteiger partial charge is 0.310 e. The summed E-state index contributed by atoms with van der Waals surface area (Å²) in [6.07, 6.45) is -0.123. The van der Waals surface area contributed by atoms with E-state index in [-0.39, 0.29) is 43.5 Å². The van der Waals surface area contributed by atoms with Crippen molar-refractivity contribution in [2.45, 2.75) is 76.4 Å². The molecule has 0 unspecified atom stereocenters. The van der Waals surface area contributed by atoms with Crippen LogP contribution in [0.5, 0.6) is 0 Å². The van der Waals surface area contributed by atoms with Crippen LogP contribution in [0.3, 0.4) is 0 Å². The predicted octanol–water partition coefficient (Wildman–Crippen LogP) is 4.00. The van der Waals surface area contributed by atoms with E-state index in [1.165, 1.54) is 19.1 Å². The number of thioether (sulfide) groups is 1. The molecule has 4 saturated carbocycles. The van der Waals surface area contributed by atoms with Crippen LogP contribution in [0, 0.1) is 34.5 Å². The highest BCUT2D eigenvalue weighted by Gasteiger charge is 2.78. The topological polar surface area (TPSA) is 97.7 Å². The number of aliphatic hydroxyl groups is 1. The molecule has 0 radical (unpaired) electrons. The van der Waals surface area contributed by atoms with Gasteiger partial charge in [0.15, 0.2) is 17.1 Å². The first kappa shape index (κ1) is 26.7. The van der Waals surface area contributed by atoms with Crippen LogP contribution in [-0.4, -0.2) is 57.3 Å². The molecule has 0 heterocycles. The average Bonchev–Trinajstić information content (AvgIpc) is 3.02. The van der Waals surface area contributed by atoms with Gasteiger partial charge in [0.2, 0.25) is 5.12 Å². The lowest BCUT2D eigenvalue weighted by atomic mass is 9.44. The normalized spacial score (nSPS) is 46.9. The monoisotopic (exact) mass is 540 g/mol. The van der Waals surface area contributed by atoms with Gasteiger partial charge in [-0.05, 0) is 61.6 Å². The van der Waals surface area contributed by atoms with Crippen molar-refractivity contribution in [1.82, 2.24) is 0 Å². The number of esters is 1. The number of hydrogen-bond acceptors (Lipinski definition) is 7. The Balaban J connectivity index is 1.60. The largest absolute Gasteiger partial charge is 0.449 e. The van der Waals surface area contributed by atoms with Crippen LogP contribution in [0.25, 0.3) is 0 Å². The molecular weight excluding hydrogens is 509 g/mol. The highest BCUT2D eigenvalue weighted by molar-refractivity contribution is 8.13. The maximum atomic E-state index is 17.3. The van der Waals surface area contributed by atoms with Gasteiger partial charge in [0.25, 0.3) is 0 Å². The first-order valence-electron chi connectivity index (χ1n) is 12.7. The van der Waals surface area contributed by atoms with Crippen LogP contribution in [0.2, 0.25) is 0 Å². The average molecular weight is 541 g/mol. The first-order valence-corrected chi connectivity index (χ1v) is 13.7. The number of ether oxygens (including phenoxy) is 1. The fourth-order valence-electron chi connectivity index (χ4n) is 8.27. The lowest BCUT2D eigenvalue weighted by Crippen LogP contribution is -2.70. The SMILES string of the molecule is C[C@@H]1C[C@H]2[C@@H]3C[C@H](F)C4=CC(=O)C=C[C@]4(C)[C@@]3(F)[C@@H](O)C[C@]2(C)[C@@]1(OC(=O)C1CC(=O)C1)C(=O)SCF. The maximum Gasteiger partial charge on any atom is 0.310 e. The van der Waals surface area contributed by atoms with E-state index in [9.17, 15) is 28.7 Å². The summed E-state index contributed by atoms with van der Waals surface area (Å²) in [7, 11) is 0. The van der Waals surface area contributed by atoms with Gasteiger partial charge in [-0.1, -0.05) is 19.9 Å². The lowest BCUT2D eigenvalue weighted by Gasteiger charge is -2.63. The minimum absolute atomic E-state index is 0.00518. The van der Waals surface area contributed by atoms with Crippen molar-refractivity contribution in [1.29, 1.82) is 0 Å². The molecule has 0 saturated heterocycles. The quantitative estimate of drug-likeness (QED) is 0.539. The van der Waals surface area contributed by atoms with Crippen LogP contribution in [0.15, 0.2) is 23.8 Å². The van der Waals surface area contributed by atoms with Crippen LogP contribution >= 0.6 is 11.8 Å². The molecule has 10 heteroatoms. The molecule has 37 heavy (non-hydrogen) atoms. The molecule has 6 nitrogen and oxygen atoms in total. The molecule has 5 rings (SSSR count). The van der Waals surface area contributed by atoms with Gasteiger partial charge >= 0.3 is 5.97 Å². The number of alkyl halides is 3. The predicted molar refractivity (Wildman–Crippen MR) is 128 cm³/mol. The van der Waals surface area contributed by atoms with Gasteiger partial charge in [0.1, 0.15) is 18.0 Å². The van der Waals surface area contributed by atoms with E-state index in [4.69, 9.17) is 4.74 Å². The number of carbonyl (C=O) groups is 4. The van der Waals surface area contributed by atoms with E-state index in [0.717, 1.165) is 6.08 Å². The van der Waals surface area contributed by atoms with E-state index in [2.05, 4.69) is 0 Å². The molecular formula is C27H31F3O6S. The fourth-order valence-corrected chi connectivity index (χ4v) is 9.06. The summed E-state index contributed by atoms with van der Waals surface area (Å²) in [4.78, 5) is 50.1. The van der Waals surface area contributed by atoms with Crippen molar-refractivity contribution < 1.29 is 42.2 Å². The summed E-state index contributed by atoms with van der Waals surface area (Å²) in [6, 6.07) is -1.07. The molecule has 0 aromatic carbocycles. The molecule has 0 bridgehead atoms. The minimum Gasteiger partial charge on any atom is -0.449 e. The molecule has 4 fully saturated rings. The summed E-state index contributed by atoms with van der Waals surface area (Å²) in [5.74, 6) is -4.42. The Morgan fingerprint density at radius 2 is 1.86 bits per heavy atom. The molecule has 0 spiro atoms. The molecule has 5 aliphatic carbocycles. The summed E-state index contributed by atoms with van der Waals surface area (Å²) >= 11 is 0.356. The van der Waals surface area contributed by atoms with Crippen LogP contribution in [0.1, 0.15) is 52.9 Å². The van der Waals surface area contributed by atoms with Crippen LogP contribution < -0.4 is 0 Å². The fraction of sp³-hybridized carbons (Fsp3) is 0.704. The number of allylic oxidation sites excluding steroid dienone is 4. The van der Waals surface area contributed by atoms with Crippen molar-refractivity contribution in [3.8, 4) is 0 Å². The summed E-state index contributed by atoms with van der Waals surface area (Å²) in [5.41, 5.74) is -7.14. The highest BCUT2D eigenvalue weighted by atomic mass is 32.2. The Labute approximate surface area is 217 Å². The number of halogens is 3. The number of hydrogen-bond donors (Lipinski definition) is 1. The van der Waals surface area contributed by atoms with Crippen molar-refractivity contribution in [2.24, 2.45) is 34.5 Å². The number of ketones is 2. The van der Waals surface area contributed by atoms with Gasteiger partial charge < -0.3 is 9.84 Å². The second-order valence-corrected chi connectivity index (χ2v) is 12.7. The lowest BCUT2D eigenvalue weighted by molar-refractivity contribution is -0.230. The second kappa shape index (κ2) is 8.53. The molecule has 1 N–H and O–H groups in total. The molecule has 202 valence electrons. The summed E-state index contributed by atoms with van der Waals surface area (Å²) in [5, 5.41) is 10.7. The number of Topliss-reactive ketones (excluding diaryl/α,β-unsaturated/α-hetero) is 1. The van der Waals surface area contributed by atoms with Gasteiger partial charge in [-0.25, -0.2) is 13.2 Å². The number of rotatable bonds is 4. The standard InChI is InChI=1S/C27H31F3O6S/c1-13-6-17-18-10-20(29)19-9-15(31)4-5-24(19,2)26(18,30)21(33)11-25(17,3)27(13,23(35)37-12-28)36-22(34)14-7-16(32)8-14/h4-5,9,13-14,17-18,20-21,33H,6-8,10-12H2,1-3H3/t13-,17+,18+,20+,21+,24+,25+,26+,27+/m1/s1. The Hall–Kier alpha value is -1.94. The van der Waals surface area contributed by atoms with Crippen molar-refractivity contribution in [3.63, 3.8) is 0 Å². The minimum atomic E-state index is -2.35. The van der Waals surface area contributed by atoms with Crippen LogP contribution in [-0.2, 0) is 23.9 Å². The van der Waals surface area contributed by atoms with E-state index < -0.39 is 80.9 Å². The third-order valence-corrected chi connectivity index (χ3v) is 10.9. The van der Waals surface area contributed by atoms with Crippen LogP contribution in [0.4, 0.5) is 13.2 Å². The van der Waals surface area contributed by atoms with Gasteiger partial charge in [-0.15, -0.1) is 0 Å². The molecule has 0 aromatic rings. The highest BCUT2D eigenvalue weighted by Crippen LogP contribution is 2.72. The Kier molecular flexibility index (Phi) is 6.15. The van der Waals surface area contributed by atoms with Gasteiger partial charge in [0, 0.05) is 35.5 Å². The van der Waals surface area contributed by atoms with E-state index in [1.807, 2.05) is 0 Å². The van der Waals surface area contributed by atoms with E-state index in [0.29, 0.717) is 11.8 Å². The third kappa shape index (κ3) is 3.30. The number of aliphatic hydroxyl groups excluding tert-OH is 1.